The maximum atomic E-state index is 12.5. The number of hydrogen-bond donors (Lipinski definition) is 1. The number of aromatic nitrogens is 3. The quantitative estimate of drug-likeness (QED) is 0.478. The molecule has 0 radical (unpaired) electrons. The maximum Gasteiger partial charge on any atom is 0.362 e. The summed E-state index contributed by atoms with van der Waals surface area (Å²) in [5.74, 6) is 0.0312. The molecule has 1 N–H and O–H groups in total. The number of piperidine rings is 1. The van der Waals surface area contributed by atoms with Crippen molar-refractivity contribution in [3.8, 4) is 0 Å². The standard InChI is InChI=1S/C22H33N5O2/c1-3-4-17-29-22(28)20-21(23-19-11-9-18(2)10-12-19)25-27(24-20)16-8-15-26-13-6-5-7-14-26/h9-12H,3-8,13-17H2,1-2H3,(H,23,25). The molecule has 0 saturated carbocycles. The van der Waals surface area contributed by atoms with Gasteiger partial charge in [-0.15, -0.1) is 10.2 Å². The highest BCUT2D eigenvalue weighted by Gasteiger charge is 2.21. The lowest BCUT2D eigenvalue weighted by atomic mass is 10.1. The Labute approximate surface area is 173 Å². The summed E-state index contributed by atoms with van der Waals surface area (Å²) in [7, 11) is 0. The van der Waals surface area contributed by atoms with E-state index >= 15 is 0 Å². The third kappa shape index (κ3) is 6.56. The molecule has 1 aromatic heterocycles. The van der Waals surface area contributed by atoms with Gasteiger partial charge >= 0.3 is 5.97 Å². The lowest BCUT2D eigenvalue weighted by molar-refractivity contribution is 0.0493. The van der Waals surface area contributed by atoms with Crippen LogP contribution in [0.3, 0.4) is 0 Å². The number of esters is 1. The zero-order chi connectivity index (χ0) is 20.5. The lowest BCUT2D eigenvalue weighted by Gasteiger charge is -2.26. The number of aryl methyl sites for hydroxylation is 2. The zero-order valence-corrected chi connectivity index (χ0v) is 17.7. The molecule has 2 heterocycles. The van der Waals surface area contributed by atoms with Crippen LogP contribution in [0.15, 0.2) is 24.3 Å². The number of likely N-dealkylation sites (tertiary alicyclic amines) is 1. The Hall–Kier alpha value is -2.41. The molecule has 1 aliphatic rings. The van der Waals surface area contributed by atoms with Crippen molar-refractivity contribution in [3.63, 3.8) is 0 Å². The van der Waals surface area contributed by atoms with E-state index in [9.17, 15) is 4.79 Å². The van der Waals surface area contributed by atoms with Gasteiger partial charge in [-0.3, -0.25) is 0 Å². The Balaban J connectivity index is 1.66. The lowest BCUT2D eigenvalue weighted by Crippen LogP contribution is -2.31. The molecular weight excluding hydrogens is 366 g/mol. The maximum absolute atomic E-state index is 12.5. The van der Waals surface area contributed by atoms with Crippen LogP contribution in [-0.2, 0) is 11.3 Å². The second-order valence-electron chi connectivity index (χ2n) is 7.73. The molecule has 1 fully saturated rings. The van der Waals surface area contributed by atoms with Crippen LogP contribution in [0.4, 0.5) is 11.5 Å². The number of rotatable bonds is 10. The molecule has 7 heteroatoms. The summed E-state index contributed by atoms with van der Waals surface area (Å²) < 4.78 is 5.38. The molecule has 1 aromatic carbocycles. The molecule has 2 aromatic rings. The van der Waals surface area contributed by atoms with Crippen LogP contribution in [0.1, 0.15) is 61.5 Å². The highest BCUT2D eigenvalue weighted by atomic mass is 16.5. The van der Waals surface area contributed by atoms with Gasteiger partial charge in [0, 0.05) is 5.69 Å². The highest BCUT2D eigenvalue weighted by Crippen LogP contribution is 2.19. The molecular formula is C22H33N5O2. The number of nitrogens with one attached hydrogen (secondary N) is 1. The van der Waals surface area contributed by atoms with Crippen molar-refractivity contribution in [2.24, 2.45) is 0 Å². The van der Waals surface area contributed by atoms with Crippen LogP contribution in [0, 0.1) is 6.92 Å². The van der Waals surface area contributed by atoms with Crippen LogP contribution in [-0.4, -0.2) is 52.1 Å². The van der Waals surface area contributed by atoms with Crippen LogP contribution in [0.5, 0.6) is 0 Å². The summed E-state index contributed by atoms with van der Waals surface area (Å²) in [6.45, 7) is 8.60. The van der Waals surface area contributed by atoms with Crippen LogP contribution in [0.25, 0.3) is 0 Å². The largest absolute Gasteiger partial charge is 0.461 e. The second kappa shape index (κ2) is 11.0. The van der Waals surface area contributed by atoms with Gasteiger partial charge in [-0.2, -0.15) is 4.80 Å². The first kappa shape index (κ1) is 21.3. The summed E-state index contributed by atoms with van der Waals surface area (Å²) in [5, 5.41) is 12.2. The number of carbonyl (C=O) groups excluding carboxylic acids is 1. The van der Waals surface area contributed by atoms with Crippen LogP contribution in [0.2, 0.25) is 0 Å². The summed E-state index contributed by atoms with van der Waals surface area (Å²) in [4.78, 5) is 16.7. The van der Waals surface area contributed by atoms with Gasteiger partial charge in [-0.25, -0.2) is 4.79 Å². The number of nitrogens with zero attached hydrogens (tertiary/aromatic N) is 4. The predicted molar refractivity (Wildman–Crippen MR) is 115 cm³/mol. The molecule has 7 nitrogen and oxygen atoms in total. The van der Waals surface area contributed by atoms with Crippen molar-refractivity contribution in [2.75, 3.05) is 31.6 Å². The fourth-order valence-electron chi connectivity index (χ4n) is 3.44. The molecule has 29 heavy (non-hydrogen) atoms. The summed E-state index contributed by atoms with van der Waals surface area (Å²) in [5.41, 5.74) is 2.30. The van der Waals surface area contributed by atoms with Gasteiger partial charge in [0.05, 0.1) is 13.2 Å². The molecule has 1 aliphatic heterocycles. The van der Waals surface area contributed by atoms with E-state index in [1.807, 2.05) is 31.2 Å². The smallest absolute Gasteiger partial charge is 0.362 e. The van der Waals surface area contributed by atoms with Gasteiger partial charge in [0.1, 0.15) is 0 Å². The van der Waals surface area contributed by atoms with Gasteiger partial charge in [0.25, 0.3) is 0 Å². The SMILES string of the molecule is CCCCOC(=O)c1nn(CCCN2CCCCC2)nc1Nc1ccc(C)cc1. The second-order valence-corrected chi connectivity index (χ2v) is 7.73. The first-order valence-corrected chi connectivity index (χ1v) is 10.8. The van der Waals surface area contributed by atoms with Crippen LogP contribution >= 0.6 is 0 Å². The molecule has 0 spiro atoms. The van der Waals surface area contributed by atoms with Gasteiger partial charge < -0.3 is 15.0 Å². The van der Waals surface area contributed by atoms with E-state index < -0.39 is 5.97 Å². The minimum absolute atomic E-state index is 0.250. The van der Waals surface area contributed by atoms with Crippen molar-refractivity contribution in [1.29, 1.82) is 0 Å². The minimum Gasteiger partial charge on any atom is -0.461 e. The molecule has 0 amide bonds. The van der Waals surface area contributed by atoms with Gasteiger partial charge in [-0.1, -0.05) is 37.5 Å². The van der Waals surface area contributed by atoms with Crippen molar-refractivity contribution in [2.45, 2.75) is 58.9 Å². The summed E-state index contributed by atoms with van der Waals surface area (Å²) in [6, 6.07) is 7.98. The highest BCUT2D eigenvalue weighted by molar-refractivity contribution is 5.93. The van der Waals surface area contributed by atoms with Gasteiger partial charge in [-0.05, 0) is 64.4 Å². The van der Waals surface area contributed by atoms with E-state index in [0.29, 0.717) is 19.0 Å². The first-order chi connectivity index (χ1) is 14.2. The third-order valence-electron chi connectivity index (χ3n) is 5.18. The molecule has 3 rings (SSSR count). The van der Waals surface area contributed by atoms with E-state index in [-0.39, 0.29) is 5.69 Å². The molecule has 158 valence electrons. The van der Waals surface area contributed by atoms with Gasteiger partial charge in [0.2, 0.25) is 5.69 Å². The Morgan fingerprint density at radius 1 is 1.07 bits per heavy atom. The van der Waals surface area contributed by atoms with Crippen molar-refractivity contribution >= 4 is 17.5 Å². The number of carbonyl (C=O) groups is 1. The van der Waals surface area contributed by atoms with E-state index in [1.54, 1.807) is 4.80 Å². The van der Waals surface area contributed by atoms with E-state index in [2.05, 4.69) is 27.3 Å². The topological polar surface area (TPSA) is 72.3 Å². The van der Waals surface area contributed by atoms with Crippen molar-refractivity contribution in [3.05, 3.63) is 35.5 Å². The van der Waals surface area contributed by atoms with E-state index in [4.69, 9.17) is 4.74 Å². The monoisotopic (exact) mass is 399 g/mol. The molecule has 0 aliphatic carbocycles. The van der Waals surface area contributed by atoms with E-state index in [0.717, 1.165) is 31.5 Å². The number of anilines is 2. The summed E-state index contributed by atoms with van der Waals surface area (Å²) in [6.07, 6.45) is 6.70. The van der Waals surface area contributed by atoms with Crippen LogP contribution < -0.4 is 5.32 Å². The molecule has 0 bridgehead atoms. The van der Waals surface area contributed by atoms with E-state index in [1.165, 1.54) is 37.9 Å². The third-order valence-corrected chi connectivity index (χ3v) is 5.18. The Kier molecular flexibility index (Phi) is 8.04. The average Bonchev–Trinajstić information content (AvgIpc) is 3.13. The fourth-order valence-corrected chi connectivity index (χ4v) is 3.44. The normalized spacial score (nSPS) is 14.7. The molecule has 0 unspecified atom stereocenters. The Bertz CT molecular complexity index is 766. The van der Waals surface area contributed by atoms with Crippen molar-refractivity contribution < 1.29 is 9.53 Å². The summed E-state index contributed by atoms with van der Waals surface area (Å²) >= 11 is 0. The fraction of sp³-hybridized carbons (Fsp3) is 0.591. The number of benzene rings is 1. The van der Waals surface area contributed by atoms with Gasteiger partial charge in [0.15, 0.2) is 5.82 Å². The Morgan fingerprint density at radius 3 is 2.55 bits per heavy atom. The zero-order valence-electron chi connectivity index (χ0n) is 17.7. The first-order valence-electron chi connectivity index (χ1n) is 10.8. The molecule has 1 saturated heterocycles. The number of hydrogen-bond acceptors (Lipinski definition) is 6. The number of ether oxygens (including phenoxy) is 1. The van der Waals surface area contributed by atoms with Crippen molar-refractivity contribution in [1.82, 2.24) is 19.9 Å². The minimum atomic E-state index is -0.421. The Morgan fingerprint density at radius 2 is 1.83 bits per heavy atom. The number of unbranched alkanes of at least 4 members (excludes halogenated alkanes) is 1. The average molecular weight is 400 g/mol. The predicted octanol–water partition coefficient (Wildman–Crippen LogP) is 4.16. The molecule has 0 atom stereocenters.